The number of hydrogen-bond acceptors (Lipinski definition) is 0. The Morgan fingerprint density at radius 2 is 1.39 bits per heavy atom. The van der Waals surface area contributed by atoms with Crippen molar-refractivity contribution in [2.24, 2.45) is 0 Å². The van der Waals surface area contributed by atoms with Crippen molar-refractivity contribution in [3.05, 3.63) is 36.0 Å². The van der Waals surface area contributed by atoms with E-state index >= 15 is 0 Å². The van der Waals surface area contributed by atoms with Gasteiger partial charge in [0, 0.05) is 0 Å². The van der Waals surface area contributed by atoms with E-state index in [1.54, 1.807) is 5.57 Å². The molecule has 0 aliphatic carbocycles. The molecule has 0 saturated heterocycles. The molecule has 0 nitrogen and oxygen atoms in total. The number of hydrogen-bond donors (Lipinski definition) is 0. The van der Waals surface area contributed by atoms with Crippen LogP contribution < -0.4 is 0 Å². The van der Waals surface area contributed by atoms with Crippen LogP contribution in [0.5, 0.6) is 0 Å². The van der Waals surface area contributed by atoms with Crippen LogP contribution in [0.3, 0.4) is 0 Å². The molecular weight excluding hydrogens is 216 g/mol. The molecule has 0 aromatic carbocycles. The Morgan fingerprint density at radius 3 is 1.89 bits per heavy atom. The van der Waals surface area contributed by atoms with E-state index in [9.17, 15) is 0 Å². The Balaban J connectivity index is 3.33. The first-order chi connectivity index (χ1) is 8.74. The van der Waals surface area contributed by atoms with Crippen LogP contribution in [0.2, 0.25) is 0 Å². The molecule has 0 heterocycles. The second kappa shape index (κ2) is 12.7. The van der Waals surface area contributed by atoms with E-state index in [1.165, 1.54) is 56.9 Å². The van der Waals surface area contributed by atoms with Crippen molar-refractivity contribution in [3.63, 3.8) is 0 Å². The van der Waals surface area contributed by atoms with Crippen molar-refractivity contribution in [2.45, 2.75) is 78.6 Å². The summed E-state index contributed by atoms with van der Waals surface area (Å²) in [5.41, 5.74) is 3.09. The molecule has 0 fully saturated rings. The van der Waals surface area contributed by atoms with Crippen molar-refractivity contribution in [1.82, 2.24) is 0 Å². The smallest absolute Gasteiger partial charge is 0.0142 e. The molecular formula is C18H32. The molecule has 0 unspecified atom stereocenters. The van der Waals surface area contributed by atoms with E-state index in [0.717, 1.165) is 6.42 Å². The highest BCUT2D eigenvalue weighted by Crippen LogP contribution is 2.15. The van der Waals surface area contributed by atoms with Crippen LogP contribution >= 0.6 is 0 Å². The molecule has 0 aromatic rings. The molecule has 0 heteroatoms. The van der Waals surface area contributed by atoms with Gasteiger partial charge in [-0.1, -0.05) is 55.1 Å². The van der Waals surface area contributed by atoms with Crippen molar-refractivity contribution in [3.8, 4) is 0 Å². The normalized spacial score (nSPS) is 12.8. The summed E-state index contributed by atoms with van der Waals surface area (Å²) in [6, 6.07) is 0. The highest BCUT2D eigenvalue weighted by Gasteiger charge is 1.95. The van der Waals surface area contributed by atoms with Gasteiger partial charge in [-0.15, -0.1) is 6.58 Å². The summed E-state index contributed by atoms with van der Waals surface area (Å²) in [4.78, 5) is 0. The third-order valence-corrected chi connectivity index (χ3v) is 3.63. The Kier molecular flexibility index (Phi) is 12.1. The topological polar surface area (TPSA) is 0 Å². The number of unbranched alkanes of at least 4 members (excludes halogenated alkanes) is 5. The van der Waals surface area contributed by atoms with E-state index in [1.807, 2.05) is 6.08 Å². The van der Waals surface area contributed by atoms with E-state index < -0.39 is 0 Å². The maximum Gasteiger partial charge on any atom is -0.0142 e. The van der Waals surface area contributed by atoms with Gasteiger partial charge in [0.25, 0.3) is 0 Å². The molecule has 0 atom stereocenters. The Bertz CT molecular complexity index is 255. The number of rotatable bonds is 11. The lowest BCUT2D eigenvalue weighted by molar-refractivity contribution is 0.590. The zero-order chi connectivity index (χ0) is 13.6. The van der Waals surface area contributed by atoms with Crippen LogP contribution in [0.1, 0.15) is 78.6 Å². The summed E-state index contributed by atoms with van der Waals surface area (Å²) >= 11 is 0. The van der Waals surface area contributed by atoms with Crippen molar-refractivity contribution < 1.29 is 0 Å². The first-order valence-corrected chi connectivity index (χ1v) is 7.61. The van der Waals surface area contributed by atoms with Gasteiger partial charge in [0.2, 0.25) is 0 Å². The molecule has 104 valence electrons. The maximum absolute atomic E-state index is 3.80. The molecule has 0 amide bonds. The average Bonchev–Trinajstić information content (AvgIpc) is 2.40. The molecule has 0 rings (SSSR count). The first-order valence-electron chi connectivity index (χ1n) is 7.61. The largest absolute Gasteiger partial charge is 0.103 e. The van der Waals surface area contributed by atoms with Gasteiger partial charge in [-0.3, -0.25) is 0 Å². The SMILES string of the molecule is C=CCC(=CC)CCCCCCCCC(C)=CC. The van der Waals surface area contributed by atoms with Crippen LogP contribution in [0.25, 0.3) is 0 Å². The summed E-state index contributed by atoms with van der Waals surface area (Å²) in [5, 5.41) is 0. The van der Waals surface area contributed by atoms with Gasteiger partial charge in [0.05, 0.1) is 0 Å². The van der Waals surface area contributed by atoms with Crippen LogP contribution in [0.4, 0.5) is 0 Å². The van der Waals surface area contributed by atoms with E-state index in [2.05, 4.69) is 39.5 Å². The van der Waals surface area contributed by atoms with Crippen LogP contribution in [0, 0.1) is 0 Å². The lowest BCUT2D eigenvalue weighted by Gasteiger charge is -2.05. The van der Waals surface area contributed by atoms with Gasteiger partial charge in [-0.25, -0.2) is 0 Å². The highest BCUT2D eigenvalue weighted by atomic mass is 14.0. The van der Waals surface area contributed by atoms with Crippen molar-refractivity contribution in [1.29, 1.82) is 0 Å². The maximum atomic E-state index is 3.80. The quantitative estimate of drug-likeness (QED) is 0.285. The van der Waals surface area contributed by atoms with Gasteiger partial charge in [-0.2, -0.15) is 0 Å². The lowest BCUT2D eigenvalue weighted by Crippen LogP contribution is -1.85. The molecule has 0 saturated carbocycles. The predicted octanol–water partition coefficient (Wildman–Crippen LogP) is 6.60. The van der Waals surface area contributed by atoms with E-state index in [-0.39, 0.29) is 0 Å². The molecule has 0 aliphatic rings. The van der Waals surface area contributed by atoms with Gasteiger partial charge in [-0.05, 0) is 52.9 Å². The summed E-state index contributed by atoms with van der Waals surface area (Å²) < 4.78 is 0. The second-order valence-corrected chi connectivity index (χ2v) is 5.20. The van der Waals surface area contributed by atoms with Gasteiger partial charge in [0.15, 0.2) is 0 Å². The third kappa shape index (κ3) is 10.4. The standard InChI is InChI=1S/C18H32/c1-5-14-18(7-3)16-13-11-9-8-10-12-15-17(4)6-2/h5-7H,1,8-16H2,2-4H3. The zero-order valence-corrected chi connectivity index (χ0v) is 12.8. The average molecular weight is 248 g/mol. The molecule has 0 radical (unpaired) electrons. The zero-order valence-electron chi connectivity index (χ0n) is 12.8. The Hall–Kier alpha value is -0.780. The van der Waals surface area contributed by atoms with Crippen molar-refractivity contribution >= 4 is 0 Å². The summed E-state index contributed by atoms with van der Waals surface area (Å²) in [5.74, 6) is 0. The minimum atomic E-state index is 1.07. The second-order valence-electron chi connectivity index (χ2n) is 5.20. The van der Waals surface area contributed by atoms with E-state index in [0.29, 0.717) is 0 Å². The monoisotopic (exact) mass is 248 g/mol. The molecule has 0 aliphatic heterocycles. The fourth-order valence-corrected chi connectivity index (χ4v) is 2.16. The first kappa shape index (κ1) is 17.2. The van der Waals surface area contributed by atoms with Crippen LogP contribution in [-0.4, -0.2) is 0 Å². The number of allylic oxidation sites excluding steroid dienone is 5. The van der Waals surface area contributed by atoms with Crippen LogP contribution in [-0.2, 0) is 0 Å². The van der Waals surface area contributed by atoms with Gasteiger partial charge in [0.1, 0.15) is 0 Å². The van der Waals surface area contributed by atoms with E-state index in [4.69, 9.17) is 0 Å². The van der Waals surface area contributed by atoms with Gasteiger partial charge < -0.3 is 0 Å². The molecule has 0 spiro atoms. The van der Waals surface area contributed by atoms with Crippen molar-refractivity contribution in [2.75, 3.05) is 0 Å². The van der Waals surface area contributed by atoms with Crippen LogP contribution in [0.15, 0.2) is 36.0 Å². The summed E-state index contributed by atoms with van der Waals surface area (Å²) in [7, 11) is 0. The highest BCUT2D eigenvalue weighted by molar-refractivity contribution is 5.04. The predicted molar refractivity (Wildman–Crippen MR) is 84.9 cm³/mol. The minimum Gasteiger partial charge on any atom is -0.103 e. The molecule has 18 heavy (non-hydrogen) atoms. The fraction of sp³-hybridized carbons (Fsp3) is 0.667. The summed E-state index contributed by atoms with van der Waals surface area (Å²) in [6.45, 7) is 10.3. The summed E-state index contributed by atoms with van der Waals surface area (Å²) in [6.07, 6.45) is 18.4. The van der Waals surface area contributed by atoms with Gasteiger partial charge >= 0.3 is 0 Å². The molecule has 0 bridgehead atoms. The molecule has 0 aromatic heterocycles. The minimum absolute atomic E-state index is 1.07. The molecule has 0 N–H and O–H groups in total. The Morgan fingerprint density at radius 1 is 0.833 bits per heavy atom. The third-order valence-electron chi connectivity index (χ3n) is 3.63. The Labute approximate surface area is 115 Å². The fourth-order valence-electron chi connectivity index (χ4n) is 2.16. The lowest BCUT2D eigenvalue weighted by atomic mass is 10.0.